The van der Waals surface area contributed by atoms with Crippen LogP contribution in [0.15, 0.2) is 54.1 Å². The van der Waals surface area contributed by atoms with E-state index in [1.165, 1.54) is 22.3 Å². The quantitative estimate of drug-likeness (QED) is 0.772. The number of methoxy groups -OCH3 is 1. The van der Waals surface area contributed by atoms with Gasteiger partial charge in [0.05, 0.1) is 13.2 Å². The second-order valence-electron chi connectivity index (χ2n) is 6.92. The standard InChI is InChI=1S/C23H21NO2/c1-4-22(25)24-15(2)13-20-19-8-6-5-7-17(19)14-21(20)23(24)16-9-11-18(26-3)12-10-16/h1,5-12,15,23H,13-14H2,2-3H3/t15-,23-/m0/s1. The van der Waals surface area contributed by atoms with Crippen molar-refractivity contribution in [1.29, 1.82) is 0 Å². The van der Waals surface area contributed by atoms with Gasteiger partial charge in [-0.05, 0) is 65.7 Å². The van der Waals surface area contributed by atoms with Crippen molar-refractivity contribution in [2.24, 2.45) is 0 Å². The zero-order valence-electron chi connectivity index (χ0n) is 15.0. The van der Waals surface area contributed by atoms with Crippen molar-refractivity contribution in [1.82, 2.24) is 4.90 Å². The molecule has 1 aliphatic heterocycles. The summed E-state index contributed by atoms with van der Waals surface area (Å²) in [4.78, 5) is 14.5. The fourth-order valence-corrected chi connectivity index (χ4v) is 4.31. The van der Waals surface area contributed by atoms with Gasteiger partial charge in [0, 0.05) is 6.04 Å². The molecule has 0 radical (unpaired) electrons. The van der Waals surface area contributed by atoms with Crippen molar-refractivity contribution in [2.75, 3.05) is 7.11 Å². The summed E-state index contributed by atoms with van der Waals surface area (Å²) in [6.07, 6.45) is 7.20. The molecule has 2 aliphatic rings. The van der Waals surface area contributed by atoms with Gasteiger partial charge < -0.3 is 9.64 Å². The van der Waals surface area contributed by atoms with Crippen molar-refractivity contribution >= 4 is 11.5 Å². The number of ether oxygens (including phenoxy) is 1. The molecule has 0 aromatic heterocycles. The average Bonchev–Trinajstić information content (AvgIpc) is 3.04. The molecule has 3 heteroatoms. The van der Waals surface area contributed by atoms with E-state index in [1.54, 1.807) is 7.11 Å². The molecular weight excluding hydrogens is 322 g/mol. The van der Waals surface area contributed by atoms with Crippen molar-refractivity contribution in [3.63, 3.8) is 0 Å². The number of terminal acetylenes is 1. The van der Waals surface area contributed by atoms with Gasteiger partial charge in [-0.25, -0.2) is 0 Å². The fourth-order valence-electron chi connectivity index (χ4n) is 4.31. The third-order valence-corrected chi connectivity index (χ3v) is 5.48. The zero-order chi connectivity index (χ0) is 18.3. The minimum absolute atomic E-state index is 0.0514. The van der Waals surface area contributed by atoms with E-state index in [1.807, 2.05) is 29.2 Å². The van der Waals surface area contributed by atoms with Crippen LogP contribution in [0.2, 0.25) is 0 Å². The highest BCUT2D eigenvalue weighted by atomic mass is 16.5. The Balaban J connectivity index is 1.86. The smallest absolute Gasteiger partial charge is 0.299 e. The summed E-state index contributed by atoms with van der Waals surface area (Å²) in [7, 11) is 1.65. The van der Waals surface area contributed by atoms with E-state index >= 15 is 0 Å². The van der Waals surface area contributed by atoms with E-state index in [2.05, 4.69) is 37.1 Å². The highest BCUT2D eigenvalue weighted by Crippen LogP contribution is 2.48. The van der Waals surface area contributed by atoms with Crippen LogP contribution >= 0.6 is 0 Å². The summed E-state index contributed by atoms with van der Waals surface area (Å²) in [5.41, 5.74) is 6.38. The number of fused-ring (bicyclic) bond motifs is 2. The highest BCUT2D eigenvalue weighted by Gasteiger charge is 2.40. The lowest BCUT2D eigenvalue weighted by Gasteiger charge is -2.41. The molecule has 0 spiro atoms. The summed E-state index contributed by atoms with van der Waals surface area (Å²) in [6, 6.07) is 16.4. The number of hydrogen-bond acceptors (Lipinski definition) is 2. The van der Waals surface area contributed by atoms with Crippen LogP contribution in [-0.4, -0.2) is 24.0 Å². The van der Waals surface area contributed by atoms with Gasteiger partial charge in [0.2, 0.25) is 0 Å². The third kappa shape index (κ3) is 2.50. The molecular formula is C23H21NO2. The Labute approximate surface area is 154 Å². The fraction of sp³-hybridized carbons (Fsp3) is 0.261. The molecule has 2 aromatic carbocycles. The second kappa shape index (κ2) is 6.38. The van der Waals surface area contributed by atoms with E-state index < -0.39 is 0 Å². The van der Waals surface area contributed by atoms with Gasteiger partial charge in [-0.2, -0.15) is 0 Å². The first-order chi connectivity index (χ1) is 12.6. The van der Waals surface area contributed by atoms with Gasteiger partial charge >= 0.3 is 0 Å². The molecule has 1 heterocycles. The first kappa shape index (κ1) is 16.5. The SMILES string of the molecule is C#CC(=O)N1[C@@H](c2ccc(OC)cc2)C2=C(C[C@@H]1C)c1ccccc1C2. The molecule has 4 rings (SSSR count). The first-order valence-corrected chi connectivity index (χ1v) is 8.87. The Morgan fingerprint density at radius 1 is 1.19 bits per heavy atom. The predicted octanol–water partition coefficient (Wildman–Crippen LogP) is 4.00. The number of rotatable bonds is 2. The van der Waals surface area contributed by atoms with Gasteiger partial charge in [0.15, 0.2) is 0 Å². The molecule has 1 amide bonds. The monoisotopic (exact) mass is 343 g/mol. The number of amides is 1. The van der Waals surface area contributed by atoms with Gasteiger partial charge in [0.1, 0.15) is 5.75 Å². The van der Waals surface area contributed by atoms with Crippen LogP contribution in [0.3, 0.4) is 0 Å². The predicted molar refractivity (Wildman–Crippen MR) is 103 cm³/mol. The number of carbonyl (C=O) groups excluding carboxylic acids is 1. The van der Waals surface area contributed by atoms with E-state index in [9.17, 15) is 4.79 Å². The molecule has 0 unspecified atom stereocenters. The normalized spacial score (nSPS) is 21.0. The summed E-state index contributed by atoms with van der Waals surface area (Å²) in [5.74, 6) is 2.88. The van der Waals surface area contributed by atoms with Crippen LogP contribution in [0.5, 0.6) is 5.75 Å². The molecule has 1 aliphatic carbocycles. The molecule has 0 fully saturated rings. The van der Waals surface area contributed by atoms with Crippen LogP contribution in [0, 0.1) is 12.3 Å². The Kier molecular flexibility index (Phi) is 4.05. The summed E-state index contributed by atoms with van der Waals surface area (Å²) < 4.78 is 5.29. The minimum Gasteiger partial charge on any atom is -0.497 e. The topological polar surface area (TPSA) is 29.5 Å². The highest BCUT2D eigenvalue weighted by molar-refractivity contribution is 5.95. The number of benzene rings is 2. The molecule has 0 N–H and O–H groups in total. The molecule has 26 heavy (non-hydrogen) atoms. The average molecular weight is 343 g/mol. The summed E-state index contributed by atoms with van der Waals surface area (Å²) in [5, 5.41) is 0. The lowest BCUT2D eigenvalue weighted by molar-refractivity contribution is -0.129. The van der Waals surface area contributed by atoms with Crippen LogP contribution in [0.4, 0.5) is 0 Å². The van der Waals surface area contributed by atoms with Gasteiger partial charge in [-0.3, -0.25) is 4.79 Å². The Morgan fingerprint density at radius 2 is 1.92 bits per heavy atom. The van der Waals surface area contributed by atoms with E-state index in [4.69, 9.17) is 11.2 Å². The van der Waals surface area contributed by atoms with E-state index in [0.717, 1.165) is 24.2 Å². The van der Waals surface area contributed by atoms with Crippen molar-refractivity contribution < 1.29 is 9.53 Å². The Bertz CT molecular complexity index is 933. The van der Waals surface area contributed by atoms with Crippen molar-refractivity contribution in [2.45, 2.75) is 31.8 Å². The van der Waals surface area contributed by atoms with Gasteiger partial charge in [0.25, 0.3) is 5.91 Å². The maximum Gasteiger partial charge on any atom is 0.299 e. The third-order valence-electron chi connectivity index (χ3n) is 5.48. The molecule has 0 bridgehead atoms. The number of hydrogen-bond donors (Lipinski definition) is 0. The molecule has 0 saturated carbocycles. The van der Waals surface area contributed by atoms with Gasteiger partial charge in [-0.1, -0.05) is 36.4 Å². The van der Waals surface area contributed by atoms with Crippen LogP contribution in [0.1, 0.15) is 36.1 Å². The molecule has 2 atom stereocenters. The van der Waals surface area contributed by atoms with E-state index in [-0.39, 0.29) is 18.0 Å². The molecule has 0 saturated heterocycles. The summed E-state index contributed by atoms with van der Waals surface area (Å²) >= 11 is 0. The van der Waals surface area contributed by atoms with Gasteiger partial charge in [-0.15, -0.1) is 6.42 Å². The maximum atomic E-state index is 12.6. The first-order valence-electron chi connectivity index (χ1n) is 8.87. The molecule has 2 aromatic rings. The summed E-state index contributed by atoms with van der Waals surface area (Å²) in [6.45, 7) is 2.08. The Hall–Kier alpha value is -2.99. The lowest BCUT2D eigenvalue weighted by Crippen LogP contribution is -2.44. The van der Waals surface area contributed by atoms with Crippen LogP contribution in [-0.2, 0) is 11.2 Å². The Morgan fingerprint density at radius 3 is 2.62 bits per heavy atom. The van der Waals surface area contributed by atoms with E-state index in [0.29, 0.717) is 0 Å². The lowest BCUT2D eigenvalue weighted by atomic mass is 9.85. The second-order valence-corrected chi connectivity index (χ2v) is 6.92. The van der Waals surface area contributed by atoms with Crippen molar-refractivity contribution in [3.8, 4) is 18.1 Å². The number of nitrogens with zero attached hydrogens (tertiary/aromatic N) is 1. The molecule has 3 nitrogen and oxygen atoms in total. The van der Waals surface area contributed by atoms with Crippen LogP contribution < -0.4 is 4.74 Å². The maximum absolute atomic E-state index is 12.6. The molecule has 130 valence electrons. The van der Waals surface area contributed by atoms with Crippen LogP contribution in [0.25, 0.3) is 5.57 Å². The zero-order valence-corrected chi connectivity index (χ0v) is 15.0. The number of carbonyl (C=O) groups is 1. The van der Waals surface area contributed by atoms with Crippen molar-refractivity contribution in [3.05, 3.63) is 70.8 Å². The largest absolute Gasteiger partial charge is 0.497 e. The minimum atomic E-state index is -0.249.